The summed E-state index contributed by atoms with van der Waals surface area (Å²) in [5, 5.41) is 3.44. The Balaban J connectivity index is 0.000000209. The van der Waals surface area contributed by atoms with Crippen LogP contribution in [-0.2, 0) is 19.7 Å². The normalized spacial score (nSPS) is 17.7. The van der Waals surface area contributed by atoms with E-state index in [0.29, 0.717) is 17.9 Å². The molecular weight excluding hydrogens is 811 g/mol. The van der Waals surface area contributed by atoms with Gasteiger partial charge in [-0.2, -0.15) is 0 Å². The van der Waals surface area contributed by atoms with E-state index >= 15 is 0 Å². The Hall–Kier alpha value is -3.66. The lowest BCUT2D eigenvalue weighted by atomic mass is 9.98. The van der Waals surface area contributed by atoms with Crippen molar-refractivity contribution in [2.75, 3.05) is 66.5 Å². The molecule has 0 unspecified atom stereocenters. The van der Waals surface area contributed by atoms with Crippen LogP contribution in [-0.4, -0.2) is 90.7 Å². The Labute approximate surface area is 334 Å². The van der Waals surface area contributed by atoms with Crippen LogP contribution in [0.1, 0.15) is 38.8 Å². The zero-order valence-corrected chi connectivity index (χ0v) is 36.0. The van der Waals surface area contributed by atoms with E-state index in [-0.39, 0.29) is 15.8 Å². The number of pyridine rings is 2. The van der Waals surface area contributed by atoms with Gasteiger partial charge < -0.3 is 20.0 Å². The molecule has 0 radical (unpaired) electrons. The topological polar surface area (TPSA) is 116 Å². The van der Waals surface area contributed by atoms with Crippen LogP contribution in [0.3, 0.4) is 0 Å². The van der Waals surface area contributed by atoms with Gasteiger partial charge in [-0.25, -0.2) is 25.6 Å². The fourth-order valence-corrected chi connectivity index (χ4v) is 8.55. The van der Waals surface area contributed by atoms with Crippen LogP contribution in [0.5, 0.6) is 0 Å². The summed E-state index contributed by atoms with van der Waals surface area (Å²) in [6, 6.07) is 13.4. The van der Waals surface area contributed by atoms with Gasteiger partial charge in [0.15, 0.2) is 19.7 Å². The van der Waals surface area contributed by atoms with Crippen LogP contribution >= 0.6 is 15.9 Å². The first kappa shape index (κ1) is 44.1. The highest BCUT2D eigenvalue weighted by molar-refractivity contribution is 9.10. The van der Waals surface area contributed by atoms with E-state index in [1.54, 1.807) is 18.3 Å². The van der Waals surface area contributed by atoms with E-state index in [4.69, 9.17) is 0 Å². The second-order valence-electron chi connectivity index (χ2n) is 14.9. The second kappa shape index (κ2) is 19.0. The molecule has 2 aliphatic heterocycles. The Kier molecular flexibility index (Phi) is 15.2. The van der Waals surface area contributed by atoms with E-state index in [0.717, 1.165) is 78.9 Å². The number of hydrogen-bond acceptors (Lipinski definition) is 10. The van der Waals surface area contributed by atoms with Crippen molar-refractivity contribution in [2.45, 2.75) is 63.4 Å². The number of nitrogens with one attached hydrogen (secondary N) is 1. The summed E-state index contributed by atoms with van der Waals surface area (Å²) in [4.78, 5) is 14.4. The van der Waals surface area contributed by atoms with E-state index in [2.05, 4.69) is 79.7 Å². The maximum absolute atomic E-state index is 13.9. The summed E-state index contributed by atoms with van der Waals surface area (Å²) in [5.41, 5.74) is 4.90. The number of nitrogens with zero attached hydrogens (tertiary/aromatic N) is 5. The first-order valence-corrected chi connectivity index (χ1v) is 22.8. The van der Waals surface area contributed by atoms with Gasteiger partial charge in [0.1, 0.15) is 21.4 Å². The minimum Gasteiger partial charge on any atom is -0.369 e. The minimum atomic E-state index is -3.60. The van der Waals surface area contributed by atoms with Crippen molar-refractivity contribution in [3.05, 3.63) is 101 Å². The van der Waals surface area contributed by atoms with Crippen LogP contribution < -0.4 is 20.0 Å². The summed E-state index contributed by atoms with van der Waals surface area (Å²) in [6.45, 7) is 17.4. The second-order valence-corrected chi connectivity index (χ2v) is 19.8. The van der Waals surface area contributed by atoms with Crippen molar-refractivity contribution in [1.29, 1.82) is 0 Å². The van der Waals surface area contributed by atoms with E-state index in [1.165, 1.54) is 29.8 Å². The van der Waals surface area contributed by atoms with Crippen molar-refractivity contribution in [3.63, 3.8) is 0 Å². The van der Waals surface area contributed by atoms with Gasteiger partial charge in [0.2, 0.25) is 0 Å². The molecule has 0 spiro atoms. The van der Waals surface area contributed by atoms with Crippen molar-refractivity contribution < 1.29 is 25.6 Å². The molecule has 4 heterocycles. The van der Waals surface area contributed by atoms with Crippen LogP contribution in [0, 0.1) is 37.3 Å². The van der Waals surface area contributed by atoms with Gasteiger partial charge >= 0.3 is 0 Å². The van der Waals surface area contributed by atoms with Crippen molar-refractivity contribution in [1.82, 2.24) is 15.3 Å². The highest BCUT2D eigenvalue weighted by Crippen LogP contribution is 2.30. The lowest BCUT2D eigenvalue weighted by molar-refractivity contribution is 0.368. The summed E-state index contributed by atoms with van der Waals surface area (Å²) in [5.74, 6) is -0.506. The Morgan fingerprint density at radius 3 is 1.67 bits per heavy atom. The highest BCUT2D eigenvalue weighted by Gasteiger charge is 2.31. The smallest absolute Gasteiger partial charge is 0.178 e. The lowest BCUT2D eigenvalue weighted by Gasteiger charge is -2.45. The molecule has 2 fully saturated rings. The molecule has 300 valence electrons. The van der Waals surface area contributed by atoms with E-state index in [9.17, 15) is 25.6 Å². The molecule has 0 aliphatic carbocycles. The lowest BCUT2D eigenvalue weighted by Crippen LogP contribution is -2.55. The Morgan fingerprint density at radius 2 is 1.22 bits per heavy atom. The SMILES string of the molecule is CC(C)[C@@H]1CN(c2ccc(F)c(S(C)(=O)=O)c2)CCN1.Cc1cncc(Br)c1.Cc1cncc(N2CCN(c3ccc(F)c(S(C)(=O)=O)c3)C[C@H]2C(C)C)c1. The van der Waals surface area contributed by atoms with Gasteiger partial charge in [0.25, 0.3) is 0 Å². The van der Waals surface area contributed by atoms with Crippen LogP contribution in [0.2, 0.25) is 0 Å². The number of piperazine rings is 2. The molecular formula is C40H53BrF2N6O4S2. The first-order chi connectivity index (χ1) is 25.7. The molecule has 0 saturated carbocycles. The minimum absolute atomic E-state index is 0.227. The summed E-state index contributed by atoms with van der Waals surface area (Å²) in [7, 11) is -7.15. The molecule has 0 amide bonds. The third-order valence-corrected chi connectivity index (χ3v) is 12.2. The van der Waals surface area contributed by atoms with Crippen molar-refractivity contribution in [2.24, 2.45) is 11.8 Å². The maximum atomic E-state index is 13.9. The van der Waals surface area contributed by atoms with E-state index < -0.39 is 31.3 Å². The van der Waals surface area contributed by atoms with Crippen LogP contribution in [0.25, 0.3) is 0 Å². The third-order valence-electron chi connectivity index (χ3n) is 9.59. The molecule has 2 aromatic carbocycles. The van der Waals surface area contributed by atoms with Gasteiger partial charge in [0, 0.05) is 98.3 Å². The molecule has 4 aromatic rings. The van der Waals surface area contributed by atoms with Crippen molar-refractivity contribution in [3.8, 4) is 0 Å². The summed E-state index contributed by atoms with van der Waals surface area (Å²) >= 11 is 3.30. The predicted octanol–water partition coefficient (Wildman–Crippen LogP) is 7.10. The zero-order chi connectivity index (χ0) is 40.7. The van der Waals surface area contributed by atoms with Crippen molar-refractivity contribution >= 4 is 52.7 Å². The van der Waals surface area contributed by atoms with Crippen LogP contribution in [0.15, 0.2) is 87.6 Å². The number of rotatable bonds is 7. The fraction of sp³-hybridized carbons (Fsp3) is 0.450. The zero-order valence-electron chi connectivity index (χ0n) is 32.8. The number of halogens is 3. The fourth-order valence-electron chi connectivity index (χ4n) is 6.55. The quantitative estimate of drug-likeness (QED) is 0.207. The average molecular weight is 864 g/mol. The molecule has 10 nitrogen and oxygen atoms in total. The first-order valence-electron chi connectivity index (χ1n) is 18.2. The summed E-state index contributed by atoms with van der Waals surface area (Å²) < 4.78 is 75.5. The number of hydrogen-bond donors (Lipinski definition) is 1. The Bertz CT molecular complexity index is 2120. The molecule has 2 atom stereocenters. The number of anilines is 3. The molecule has 6 rings (SSSR count). The Morgan fingerprint density at radius 1 is 0.691 bits per heavy atom. The highest BCUT2D eigenvalue weighted by atomic mass is 79.9. The van der Waals surface area contributed by atoms with E-state index in [1.807, 2.05) is 38.5 Å². The summed E-state index contributed by atoms with van der Waals surface area (Å²) in [6.07, 6.45) is 9.39. The molecule has 0 bridgehead atoms. The van der Waals surface area contributed by atoms with Crippen LogP contribution in [0.4, 0.5) is 25.8 Å². The maximum Gasteiger partial charge on any atom is 0.178 e. The number of sulfone groups is 2. The van der Waals surface area contributed by atoms with Gasteiger partial charge in [-0.15, -0.1) is 0 Å². The third kappa shape index (κ3) is 12.4. The van der Waals surface area contributed by atoms with Gasteiger partial charge in [-0.05, 0) is 101 Å². The van der Waals surface area contributed by atoms with Gasteiger partial charge in [-0.1, -0.05) is 27.7 Å². The molecule has 15 heteroatoms. The average Bonchev–Trinajstić information content (AvgIpc) is 3.11. The molecule has 55 heavy (non-hydrogen) atoms. The largest absolute Gasteiger partial charge is 0.369 e. The molecule has 2 saturated heterocycles. The molecule has 2 aromatic heterocycles. The monoisotopic (exact) mass is 862 g/mol. The number of aryl methyl sites for hydroxylation is 2. The molecule has 2 aliphatic rings. The number of benzene rings is 2. The number of aromatic nitrogens is 2. The molecule has 1 N–H and O–H groups in total. The van der Waals surface area contributed by atoms with Gasteiger partial charge in [-0.3, -0.25) is 9.97 Å². The standard InChI is InChI=1S/C20H26FN3O2S.C14H21FN2O2S.C6H6BrN/c1-14(2)19-13-23(7-8-24(19)17-9-15(3)11-22-12-17)16-5-6-18(21)20(10-16)27(4,25)26;1-10(2)13-9-17(7-6-16-13)11-4-5-12(15)14(8-11)20(3,18)19;1-5-2-6(7)4-8-3-5/h5-6,9-12,14,19H,7-8,13H2,1-4H3;4-5,8,10,13,16H,6-7,9H2,1-3H3;2-4H,1H3/t19-;13-;/m00./s1. The predicted molar refractivity (Wildman–Crippen MR) is 222 cm³/mol. The van der Waals surface area contributed by atoms with Gasteiger partial charge in [0.05, 0.1) is 11.9 Å².